The number of phenols is 1. The second kappa shape index (κ2) is 4.31. The average molecular weight is 266 g/mol. The predicted octanol–water partition coefficient (Wildman–Crippen LogP) is 2.45. The first-order valence-electron chi connectivity index (χ1n) is 5.60. The molecule has 96 valence electrons. The molecular formula is C13H14O4S. The van der Waals surface area contributed by atoms with E-state index in [0.717, 1.165) is 5.56 Å². The number of carbonyl (C=O) groups excluding carboxylic acids is 1. The molecule has 1 aliphatic rings. The van der Waals surface area contributed by atoms with Crippen molar-refractivity contribution in [2.24, 2.45) is 0 Å². The summed E-state index contributed by atoms with van der Waals surface area (Å²) in [4.78, 5) is 23.8. The molecule has 1 heterocycles. The lowest BCUT2D eigenvalue weighted by Gasteiger charge is -2.25. The number of Topliss-reactive ketones (excluding diaryl/α,β-unsaturated/α-hetero) is 1. The third-order valence-corrected chi connectivity index (χ3v) is 4.80. The molecule has 0 bridgehead atoms. The number of phenolic OH excluding ortho intramolecular Hbond substituents is 1. The summed E-state index contributed by atoms with van der Waals surface area (Å²) < 4.78 is 0. The molecule has 0 saturated carbocycles. The van der Waals surface area contributed by atoms with Gasteiger partial charge in [-0.3, -0.25) is 9.59 Å². The van der Waals surface area contributed by atoms with Crippen LogP contribution in [0.15, 0.2) is 4.90 Å². The van der Waals surface area contributed by atoms with Gasteiger partial charge in [-0.2, -0.15) is 0 Å². The Morgan fingerprint density at radius 3 is 2.39 bits per heavy atom. The number of hydrogen-bond donors (Lipinski definition) is 2. The molecule has 0 aliphatic carbocycles. The SMILES string of the molecule is Cc1c(C)c2c(c(C)c1O)C(=O)CC(C(=O)O)S2. The van der Waals surface area contributed by atoms with Crippen molar-refractivity contribution in [3.05, 3.63) is 22.3 Å². The smallest absolute Gasteiger partial charge is 0.317 e. The van der Waals surface area contributed by atoms with Crippen LogP contribution in [-0.4, -0.2) is 27.2 Å². The van der Waals surface area contributed by atoms with Crippen molar-refractivity contribution in [1.82, 2.24) is 0 Å². The first kappa shape index (κ1) is 13.0. The van der Waals surface area contributed by atoms with Crippen LogP contribution in [0.1, 0.15) is 33.5 Å². The van der Waals surface area contributed by atoms with Gasteiger partial charge in [0.15, 0.2) is 5.78 Å². The highest BCUT2D eigenvalue weighted by Gasteiger charge is 2.34. The Kier molecular flexibility index (Phi) is 3.11. The van der Waals surface area contributed by atoms with Gasteiger partial charge >= 0.3 is 5.97 Å². The summed E-state index contributed by atoms with van der Waals surface area (Å²) in [6, 6.07) is 0. The fraction of sp³-hybridized carbons (Fsp3) is 0.385. The van der Waals surface area contributed by atoms with Crippen molar-refractivity contribution in [2.45, 2.75) is 37.3 Å². The molecule has 1 atom stereocenters. The Labute approximate surface area is 109 Å². The van der Waals surface area contributed by atoms with Crippen LogP contribution in [0, 0.1) is 20.8 Å². The van der Waals surface area contributed by atoms with Crippen LogP contribution in [0.4, 0.5) is 0 Å². The zero-order valence-electron chi connectivity index (χ0n) is 10.4. The number of carboxylic acid groups (broad SMARTS) is 1. The van der Waals surface area contributed by atoms with Crippen LogP contribution in [0.5, 0.6) is 5.75 Å². The molecule has 4 nitrogen and oxygen atoms in total. The van der Waals surface area contributed by atoms with E-state index in [1.165, 1.54) is 11.8 Å². The summed E-state index contributed by atoms with van der Waals surface area (Å²) in [6.07, 6.45) is -0.0181. The molecule has 1 aromatic rings. The minimum Gasteiger partial charge on any atom is -0.507 e. The van der Waals surface area contributed by atoms with Crippen LogP contribution in [0.3, 0.4) is 0 Å². The number of carbonyl (C=O) groups is 2. The van der Waals surface area contributed by atoms with E-state index in [9.17, 15) is 14.7 Å². The van der Waals surface area contributed by atoms with Gasteiger partial charge in [-0.1, -0.05) is 0 Å². The van der Waals surface area contributed by atoms with Gasteiger partial charge in [0.05, 0.1) is 0 Å². The summed E-state index contributed by atoms with van der Waals surface area (Å²) in [5.41, 5.74) is 2.53. The molecule has 0 fully saturated rings. The maximum Gasteiger partial charge on any atom is 0.317 e. The van der Waals surface area contributed by atoms with Crippen LogP contribution >= 0.6 is 11.8 Å². The zero-order valence-corrected chi connectivity index (χ0v) is 11.2. The van der Waals surface area contributed by atoms with E-state index in [2.05, 4.69) is 0 Å². The number of hydrogen-bond acceptors (Lipinski definition) is 4. The maximum atomic E-state index is 12.0. The first-order chi connectivity index (χ1) is 8.34. The Hall–Kier alpha value is -1.49. The molecule has 18 heavy (non-hydrogen) atoms. The lowest BCUT2D eigenvalue weighted by atomic mass is 9.94. The number of carboxylic acids is 1. The standard InChI is InChI=1S/C13H14O4S/c1-5-6(2)12-10(7(3)11(5)15)8(14)4-9(18-12)13(16)17/h9,15H,4H2,1-3H3,(H,16,17). The number of fused-ring (bicyclic) bond motifs is 1. The Balaban J connectivity index is 2.67. The summed E-state index contributed by atoms with van der Waals surface area (Å²) in [7, 11) is 0. The van der Waals surface area contributed by atoms with E-state index in [0.29, 0.717) is 21.6 Å². The van der Waals surface area contributed by atoms with Crippen LogP contribution in [-0.2, 0) is 4.79 Å². The summed E-state index contributed by atoms with van der Waals surface area (Å²) in [5.74, 6) is -1.04. The van der Waals surface area contributed by atoms with Crippen molar-refractivity contribution in [3.8, 4) is 5.75 Å². The van der Waals surface area contributed by atoms with Crippen LogP contribution < -0.4 is 0 Å². The molecular weight excluding hydrogens is 252 g/mol. The fourth-order valence-electron chi connectivity index (χ4n) is 2.18. The summed E-state index contributed by atoms with van der Waals surface area (Å²) >= 11 is 1.20. The molecule has 0 saturated heterocycles. The zero-order chi connectivity index (χ0) is 13.6. The monoisotopic (exact) mass is 266 g/mol. The lowest BCUT2D eigenvalue weighted by molar-refractivity contribution is -0.136. The van der Waals surface area contributed by atoms with E-state index in [4.69, 9.17) is 5.11 Å². The fourth-order valence-corrected chi connectivity index (χ4v) is 3.52. The van der Waals surface area contributed by atoms with E-state index in [1.807, 2.05) is 0 Å². The van der Waals surface area contributed by atoms with Gasteiger partial charge in [-0.15, -0.1) is 11.8 Å². The van der Waals surface area contributed by atoms with Crippen molar-refractivity contribution < 1.29 is 19.8 Å². The normalized spacial score (nSPS) is 18.6. The van der Waals surface area contributed by atoms with Gasteiger partial charge in [0.2, 0.25) is 0 Å². The first-order valence-corrected chi connectivity index (χ1v) is 6.48. The van der Waals surface area contributed by atoms with E-state index in [1.54, 1.807) is 20.8 Å². The number of rotatable bonds is 1. The van der Waals surface area contributed by atoms with Gasteiger partial charge in [0.1, 0.15) is 11.0 Å². The van der Waals surface area contributed by atoms with Crippen molar-refractivity contribution in [2.75, 3.05) is 0 Å². The van der Waals surface area contributed by atoms with Gasteiger partial charge in [-0.05, 0) is 31.9 Å². The third kappa shape index (κ3) is 1.79. The highest BCUT2D eigenvalue weighted by molar-refractivity contribution is 8.00. The van der Waals surface area contributed by atoms with Gasteiger partial charge < -0.3 is 10.2 Å². The Morgan fingerprint density at radius 1 is 1.22 bits per heavy atom. The second-order valence-electron chi connectivity index (χ2n) is 4.50. The minimum atomic E-state index is -0.971. The van der Waals surface area contributed by atoms with E-state index in [-0.39, 0.29) is 18.0 Å². The highest BCUT2D eigenvalue weighted by atomic mass is 32.2. The molecule has 0 aromatic heterocycles. The van der Waals surface area contributed by atoms with Crippen molar-refractivity contribution in [1.29, 1.82) is 0 Å². The van der Waals surface area contributed by atoms with E-state index < -0.39 is 11.2 Å². The van der Waals surface area contributed by atoms with Gasteiger partial charge in [0.25, 0.3) is 0 Å². The Bertz CT molecular complexity index is 563. The third-order valence-electron chi connectivity index (χ3n) is 3.40. The van der Waals surface area contributed by atoms with Crippen LogP contribution in [0.2, 0.25) is 0 Å². The number of thioether (sulfide) groups is 1. The number of benzene rings is 1. The minimum absolute atomic E-state index is 0.0181. The summed E-state index contributed by atoms with van der Waals surface area (Å²) in [5, 5.41) is 18.3. The molecule has 1 unspecified atom stereocenters. The van der Waals surface area contributed by atoms with Gasteiger partial charge in [0, 0.05) is 22.4 Å². The molecule has 2 N–H and O–H groups in total. The topological polar surface area (TPSA) is 74.6 Å². The lowest BCUT2D eigenvalue weighted by Crippen LogP contribution is -2.26. The number of ketones is 1. The summed E-state index contributed by atoms with van der Waals surface area (Å²) in [6.45, 7) is 5.27. The van der Waals surface area contributed by atoms with Crippen molar-refractivity contribution in [3.63, 3.8) is 0 Å². The highest BCUT2D eigenvalue weighted by Crippen LogP contribution is 2.43. The molecule has 2 rings (SSSR count). The molecule has 0 spiro atoms. The molecule has 1 aromatic carbocycles. The molecule has 0 radical (unpaired) electrons. The average Bonchev–Trinajstić information content (AvgIpc) is 2.32. The van der Waals surface area contributed by atoms with Crippen LogP contribution in [0.25, 0.3) is 0 Å². The quantitative estimate of drug-likeness (QED) is 0.816. The van der Waals surface area contributed by atoms with Crippen molar-refractivity contribution >= 4 is 23.5 Å². The number of aromatic hydroxyl groups is 1. The number of aliphatic carboxylic acids is 1. The Morgan fingerprint density at radius 2 is 1.83 bits per heavy atom. The molecule has 5 heteroatoms. The van der Waals surface area contributed by atoms with Gasteiger partial charge in [-0.25, -0.2) is 0 Å². The molecule has 1 aliphatic heterocycles. The predicted molar refractivity (Wildman–Crippen MR) is 68.5 cm³/mol. The maximum absolute atomic E-state index is 12.0. The molecule has 0 amide bonds. The second-order valence-corrected chi connectivity index (χ2v) is 5.71. The van der Waals surface area contributed by atoms with E-state index >= 15 is 0 Å². The largest absolute Gasteiger partial charge is 0.507 e.